The van der Waals surface area contributed by atoms with E-state index in [0.717, 1.165) is 39.2 Å². The molecule has 1 N–H and O–H groups in total. The van der Waals surface area contributed by atoms with Crippen molar-refractivity contribution in [2.45, 2.75) is 25.4 Å². The Balaban J connectivity index is 1.34. The van der Waals surface area contributed by atoms with Gasteiger partial charge in [-0.25, -0.2) is 0 Å². The van der Waals surface area contributed by atoms with E-state index in [2.05, 4.69) is 115 Å². The number of aromatic nitrogens is 1. The highest BCUT2D eigenvalue weighted by atomic mass is 16.3. The number of nitrogens with zero attached hydrogens (tertiary/aromatic N) is 2. The summed E-state index contributed by atoms with van der Waals surface area (Å²) in [7, 11) is 0. The predicted octanol–water partition coefficient (Wildman–Crippen LogP) is 8.93. The van der Waals surface area contributed by atoms with Crippen LogP contribution in [0.5, 0.6) is 0 Å². The smallest absolute Gasteiger partial charge is 0.145 e. The van der Waals surface area contributed by atoms with Crippen molar-refractivity contribution in [1.82, 2.24) is 10.3 Å². The van der Waals surface area contributed by atoms with Crippen molar-refractivity contribution in [3.05, 3.63) is 156 Å². The number of rotatable bonds is 3. The van der Waals surface area contributed by atoms with Crippen LogP contribution in [0, 0.1) is 0 Å². The molecule has 1 aliphatic carbocycles. The third-order valence-electron chi connectivity index (χ3n) is 8.66. The van der Waals surface area contributed by atoms with Crippen LogP contribution in [0.4, 0.5) is 0 Å². The molecule has 0 saturated heterocycles. The Morgan fingerprint density at radius 1 is 0.714 bits per heavy atom. The van der Waals surface area contributed by atoms with Crippen molar-refractivity contribution >= 4 is 22.4 Å². The average molecular weight is 544 g/mol. The highest BCUT2D eigenvalue weighted by Crippen LogP contribution is 2.50. The SMILES string of the molecule is CC1(C)c2cc(C3=NC(c4ccccc4)NC(c4ccccn4)=C3)ccc2-c2ccccc2-c2cc3occc3cc21. The molecule has 202 valence electrons. The van der Waals surface area contributed by atoms with Gasteiger partial charge in [-0.3, -0.25) is 9.98 Å². The number of fused-ring (bicyclic) bond motifs is 6. The average Bonchev–Trinajstić information content (AvgIpc) is 3.50. The highest BCUT2D eigenvalue weighted by Gasteiger charge is 2.34. The third-order valence-corrected chi connectivity index (χ3v) is 8.66. The van der Waals surface area contributed by atoms with Crippen LogP contribution >= 0.6 is 0 Å². The Kier molecular flexibility index (Phi) is 5.51. The molecule has 1 atom stereocenters. The Hall–Kier alpha value is -5.22. The largest absolute Gasteiger partial charge is 0.464 e. The van der Waals surface area contributed by atoms with E-state index in [4.69, 9.17) is 9.41 Å². The van der Waals surface area contributed by atoms with Gasteiger partial charge in [0.1, 0.15) is 11.7 Å². The molecule has 6 aromatic rings. The minimum atomic E-state index is -0.273. The first-order valence-corrected chi connectivity index (χ1v) is 14.3. The lowest BCUT2D eigenvalue weighted by Gasteiger charge is -2.29. The maximum atomic E-state index is 5.84. The van der Waals surface area contributed by atoms with Crippen LogP contribution in [0.15, 0.2) is 137 Å². The number of nitrogens with one attached hydrogen (secondary N) is 1. The van der Waals surface area contributed by atoms with Gasteiger partial charge >= 0.3 is 0 Å². The van der Waals surface area contributed by atoms with Gasteiger partial charge in [0.15, 0.2) is 0 Å². The fourth-order valence-corrected chi connectivity index (χ4v) is 6.46. The summed E-state index contributed by atoms with van der Waals surface area (Å²) in [6.45, 7) is 4.66. The Bertz CT molecular complexity index is 2030. The summed E-state index contributed by atoms with van der Waals surface area (Å²) < 4.78 is 5.84. The van der Waals surface area contributed by atoms with Crippen molar-refractivity contribution in [1.29, 1.82) is 0 Å². The lowest BCUT2D eigenvalue weighted by molar-refractivity contribution is 0.614. The molecule has 0 amide bonds. The maximum Gasteiger partial charge on any atom is 0.145 e. The zero-order chi connectivity index (χ0) is 28.3. The molecule has 4 heteroatoms. The van der Waals surface area contributed by atoms with E-state index >= 15 is 0 Å². The van der Waals surface area contributed by atoms with Crippen molar-refractivity contribution in [3.8, 4) is 22.3 Å². The summed E-state index contributed by atoms with van der Waals surface area (Å²) in [4.78, 5) is 9.87. The summed E-state index contributed by atoms with van der Waals surface area (Å²) in [6.07, 6.45) is 5.52. The molecule has 3 heterocycles. The van der Waals surface area contributed by atoms with E-state index in [-0.39, 0.29) is 11.6 Å². The number of hydrogen-bond donors (Lipinski definition) is 1. The van der Waals surface area contributed by atoms with E-state index < -0.39 is 0 Å². The van der Waals surface area contributed by atoms with Crippen molar-refractivity contribution in [3.63, 3.8) is 0 Å². The molecule has 1 aliphatic heterocycles. The van der Waals surface area contributed by atoms with Gasteiger partial charge < -0.3 is 9.73 Å². The molecule has 1 unspecified atom stereocenters. The normalized spacial score (nSPS) is 16.8. The molecule has 0 bridgehead atoms. The number of allylic oxidation sites excluding steroid dienone is 1. The van der Waals surface area contributed by atoms with Crippen molar-refractivity contribution in [2.24, 2.45) is 4.99 Å². The fraction of sp³-hybridized carbons (Fsp3) is 0.105. The van der Waals surface area contributed by atoms with Gasteiger partial charge in [0.2, 0.25) is 0 Å². The molecule has 4 nitrogen and oxygen atoms in total. The summed E-state index contributed by atoms with van der Waals surface area (Å²) in [5.41, 5.74) is 13.1. The number of benzene rings is 4. The van der Waals surface area contributed by atoms with Gasteiger partial charge in [0.05, 0.1) is 23.4 Å². The summed E-state index contributed by atoms with van der Waals surface area (Å²) in [5, 5.41) is 4.74. The van der Waals surface area contributed by atoms with Crippen LogP contribution in [0.1, 0.15) is 48.0 Å². The number of aliphatic imine (C=N–C) groups is 1. The quantitative estimate of drug-likeness (QED) is 0.242. The van der Waals surface area contributed by atoms with E-state index in [1.165, 1.54) is 33.4 Å². The molecule has 0 fully saturated rings. The van der Waals surface area contributed by atoms with Gasteiger partial charge in [0, 0.05) is 22.6 Å². The van der Waals surface area contributed by atoms with Gasteiger partial charge in [-0.1, -0.05) is 86.6 Å². The first kappa shape index (κ1) is 24.6. The fourth-order valence-electron chi connectivity index (χ4n) is 6.46. The lowest BCUT2D eigenvalue weighted by Crippen LogP contribution is -2.25. The predicted molar refractivity (Wildman–Crippen MR) is 170 cm³/mol. The Morgan fingerprint density at radius 3 is 2.29 bits per heavy atom. The van der Waals surface area contributed by atoms with Crippen molar-refractivity contribution in [2.75, 3.05) is 0 Å². The summed E-state index contributed by atoms with van der Waals surface area (Å²) >= 11 is 0. The van der Waals surface area contributed by atoms with E-state index in [0.29, 0.717) is 0 Å². The minimum absolute atomic E-state index is 0.217. The van der Waals surface area contributed by atoms with Crippen LogP contribution < -0.4 is 5.32 Å². The monoisotopic (exact) mass is 543 g/mol. The molecule has 42 heavy (non-hydrogen) atoms. The molecule has 2 aliphatic rings. The number of hydrogen-bond acceptors (Lipinski definition) is 4. The second-order valence-corrected chi connectivity index (χ2v) is 11.5. The van der Waals surface area contributed by atoms with Crippen molar-refractivity contribution < 1.29 is 4.42 Å². The molecule has 8 rings (SSSR count). The molecule has 2 aromatic heterocycles. The molecule has 0 saturated carbocycles. The first-order valence-electron chi connectivity index (χ1n) is 14.3. The van der Waals surface area contributed by atoms with Gasteiger partial charge in [0.25, 0.3) is 0 Å². The lowest BCUT2D eigenvalue weighted by atomic mass is 9.74. The zero-order valence-electron chi connectivity index (χ0n) is 23.5. The number of furan rings is 1. The van der Waals surface area contributed by atoms with E-state index in [9.17, 15) is 0 Å². The Labute approximate surface area is 245 Å². The minimum Gasteiger partial charge on any atom is -0.464 e. The maximum absolute atomic E-state index is 5.84. The second-order valence-electron chi connectivity index (χ2n) is 11.5. The number of pyridine rings is 1. The van der Waals surface area contributed by atoms with Gasteiger partial charge in [-0.2, -0.15) is 0 Å². The second kappa shape index (κ2) is 9.42. The van der Waals surface area contributed by atoms with Crippen LogP contribution in [-0.2, 0) is 5.41 Å². The first-order chi connectivity index (χ1) is 20.6. The van der Waals surface area contributed by atoms with Crippen LogP contribution in [0.25, 0.3) is 38.9 Å². The van der Waals surface area contributed by atoms with Gasteiger partial charge in [-0.05, 0) is 81.4 Å². The van der Waals surface area contributed by atoms with Crippen LogP contribution in [-0.4, -0.2) is 10.7 Å². The molecular formula is C38H29N3O. The topological polar surface area (TPSA) is 50.4 Å². The molecule has 0 spiro atoms. The standard InChI is InChI=1S/C38H29N3O/c1-38(2)31-20-25(34-23-35(33-14-8-9-18-39-33)41-37(40-34)24-10-4-3-5-11-24)15-16-29(31)27-12-6-7-13-28(27)30-22-36-26(17-19-42-36)21-32(30)38/h3-23,37,41H,1-2H3. The highest BCUT2D eigenvalue weighted by molar-refractivity contribution is 6.13. The zero-order valence-corrected chi connectivity index (χ0v) is 23.5. The molecule has 0 radical (unpaired) electrons. The summed E-state index contributed by atoms with van der Waals surface area (Å²) in [5.74, 6) is 0. The van der Waals surface area contributed by atoms with E-state index in [1.807, 2.05) is 30.5 Å². The molecular weight excluding hydrogens is 514 g/mol. The third kappa shape index (κ3) is 3.91. The summed E-state index contributed by atoms with van der Waals surface area (Å²) in [6, 6.07) is 38.5. The molecule has 4 aromatic carbocycles. The Morgan fingerprint density at radius 2 is 1.48 bits per heavy atom. The van der Waals surface area contributed by atoms with Crippen LogP contribution in [0.2, 0.25) is 0 Å². The van der Waals surface area contributed by atoms with Crippen LogP contribution in [0.3, 0.4) is 0 Å². The van der Waals surface area contributed by atoms with Gasteiger partial charge in [-0.15, -0.1) is 0 Å². The van der Waals surface area contributed by atoms with E-state index in [1.54, 1.807) is 6.26 Å².